The van der Waals surface area contributed by atoms with E-state index >= 15 is 0 Å². The maximum Gasteiger partial charge on any atom is 0.117 e. The van der Waals surface area contributed by atoms with Crippen molar-refractivity contribution in [1.82, 2.24) is 5.32 Å². The van der Waals surface area contributed by atoms with Crippen LogP contribution in [0.3, 0.4) is 0 Å². The van der Waals surface area contributed by atoms with Gasteiger partial charge in [-0.3, -0.25) is 0 Å². The second-order valence-corrected chi connectivity index (χ2v) is 3.76. The van der Waals surface area contributed by atoms with Crippen molar-refractivity contribution >= 4 is 0 Å². The number of aliphatic hydroxyl groups is 1. The van der Waals surface area contributed by atoms with E-state index < -0.39 is 5.60 Å². The van der Waals surface area contributed by atoms with Gasteiger partial charge in [0.2, 0.25) is 0 Å². The summed E-state index contributed by atoms with van der Waals surface area (Å²) in [4.78, 5) is 0. The first-order chi connectivity index (χ1) is 6.29. The summed E-state index contributed by atoms with van der Waals surface area (Å²) in [6, 6.07) is 3.80. The van der Waals surface area contributed by atoms with Crippen molar-refractivity contribution in [2.24, 2.45) is 0 Å². The van der Waals surface area contributed by atoms with Crippen molar-refractivity contribution in [3.8, 4) is 0 Å². The van der Waals surface area contributed by atoms with Crippen molar-refractivity contribution in [3.63, 3.8) is 0 Å². The molecule has 3 heteroatoms. The molecule has 72 valence electrons. The molecular weight excluding hydrogens is 166 g/mol. The Morgan fingerprint density at radius 1 is 1.54 bits per heavy atom. The molecule has 0 spiro atoms. The summed E-state index contributed by atoms with van der Waals surface area (Å²) in [6.07, 6.45) is 4.67. The van der Waals surface area contributed by atoms with E-state index in [0.29, 0.717) is 13.1 Å². The Hall–Kier alpha value is -0.800. The van der Waals surface area contributed by atoms with E-state index in [4.69, 9.17) is 4.42 Å². The first-order valence-electron chi connectivity index (χ1n) is 4.74. The molecule has 1 aromatic rings. The standard InChI is InChI=1S/C10H15NO2/c12-10(4-2-5-10)8-11-7-9-3-1-6-13-9/h1,3,6,11-12H,2,4-5,7-8H2. The van der Waals surface area contributed by atoms with Gasteiger partial charge in [0.15, 0.2) is 0 Å². The fraction of sp³-hybridized carbons (Fsp3) is 0.600. The number of furan rings is 1. The fourth-order valence-corrected chi connectivity index (χ4v) is 1.59. The van der Waals surface area contributed by atoms with Crippen LogP contribution in [0.5, 0.6) is 0 Å². The number of hydrogen-bond donors (Lipinski definition) is 2. The highest BCUT2D eigenvalue weighted by Crippen LogP contribution is 2.30. The van der Waals surface area contributed by atoms with Crippen LogP contribution in [0.15, 0.2) is 22.8 Å². The lowest BCUT2D eigenvalue weighted by molar-refractivity contribution is -0.0317. The molecule has 2 N–H and O–H groups in total. The van der Waals surface area contributed by atoms with Crippen molar-refractivity contribution in [2.75, 3.05) is 6.54 Å². The lowest BCUT2D eigenvalue weighted by Gasteiger charge is -2.36. The topological polar surface area (TPSA) is 45.4 Å². The Bertz CT molecular complexity index is 252. The molecule has 1 aromatic heterocycles. The predicted octanol–water partition coefficient (Wildman–Crippen LogP) is 1.28. The van der Waals surface area contributed by atoms with Crippen molar-refractivity contribution < 1.29 is 9.52 Å². The summed E-state index contributed by atoms with van der Waals surface area (Å²) in [6.45, 7) is 1.38. The molecule has 13 heavy (non-hydrogen) atoms. The normalized spacial score (nSPS) is 19.8. The van der Waals surface area contributed by atoms with Crippen LogP contribution in [0.4, 0.5) is 0 Å². The van der Waals surface area contributed by atoms with Gasteiger partial charge in [0.25, 0.3) is 0 Å². The van der Waals surface area contributed by atoms with E-state index in [9.17, 15) is 5.11 Å². The van der Waals surface area contributed by atoms with E-state index in [1.807, 2.05) is 12.1 Å². The third kappa shape index (κ3) is 2.11. The van der Waals surface area contributed by atoms with Gasteiger partial charge in [0.1, 0.15) is 5.76 Å². The average molecular weight is 181 g/mol. The highest BCUT2D eigenvalue weighted by molar-refractivity contribution is 4.98. The van der Waals surface area contributed by atoms with Gasteiger partial charge in [-0.05, 0) is 31.4 Å². The van der Waals surface area contributed by atoms with Gasteiger partial charge in [-0.15, -0.1) is 0 Å². The SMILES string of the molecule is OC1(CNCc2ccco2)CCC1. The Kier molecular flexibility index (Phi) is 2.38. The third-order valence-corrected chi connectivity index (χ3v) is 2.62. The Labute approximate surface area is 77.8 Å². The second-order valence-electron chi connectivity index (χ2n) is 3.76. The molecule has 0 atom stereocenters. The summed E-state index contributed by atoms with van der Waals surface area (Å²) in [7, 11) is 0. The average Bonchev–Trinajstić information content (AvgIpc) is 2.54. The molecule has 0 bridgehead atoms. The van der Waals surface area contributed by atoms with Crippen LogP contribution >= 0.6 is 0 Å². The number of hydrogen-bond acceptors (Lipinski definition) is 3. The molecule has 1 heterocycles. The van der Waals surface area contributed by atoms with Crippen LogP contribution in [-0.4, -0.2) is 17.3 Å². The van der Waals surface area contributed by atoms with Gasteiger partial charge >= 0.3 is 0 Å². The van der Waals surface area contributed by atoms with Crippen molar-refractivity contribution in [2.45, 2.75) is 31.4 Å². The van der Waals surface area contributed by atoms with Crippen LogP contribution in [0.25, 0.3) is 0 Å². The van der Waals surface area contributed by atoms with Crippen LogP contribution in [-0.2, 0) is 6.54 Å². The van der Waals surface area contributed by atoms with Gasteiger partial charge in [-0.2, -0.15) is 0 Å². The van der Waals surface area contributed by atoms with E-state index in [-0.39, 0.29) is 0 Å². The summed E-state index contributed by atoms with van der Waals surface area (Å²) in [5, 5.41) is 12.9. The van der Waals surface area contributed by atoms with Gasteiger partial charge in [-0.1, -0.05) is 0 Å². The zero-order chi connectivity index (χ0) is 9.15. The Morgan fingerprint density at radius 2 is 2.38 bits per heavy atom. The van der Waals surface area contributed by atoms with Crippen LogP contribution in [0, 0.1) is 0 Å². The predicted molar refractivity (Wildman–Crippen MR) is 49.2 cm³/mol. The first-order valence-corrected chi connectivity index (χ1v) is 4.74. The molecule has 0 aliphatic heterocycles. The summed E-state index contributed by atoms with van der Waals surface area (Å²) in [5.41, 5.74) is -0.438. The van der Waals surface area contributed by atoms with E-state index in [2.05, 4.69) is 5.32 Å². The van der Waals surface area contributed by atoms with Gasteiger partial charge in [0, 0.05) is 6.54 Å². The largest absolute Gasteiger partial charge is 0.468 e. The zero-order valence-corrected chi connectivity index (χ0v) is 7.62. The molecule has 1 fully saturated rings. The summed E-state index contributed by atoms with van der Waals surface area (Å²) >= 11 is 0. The Balaban J connectivity index is 1.69. The minimum absolute atomic E-state index is 0.438. The van der Waals surface area contributed by atoms with Crippen molar-refractivity contribution in [3.05, 3.63) is 24.2 Å². The highest BCUT2D eigenvalue weighted by Gasteiger charge is 2.33. The number of rotatable bonds is 4. The molecule has 2 rings (SSSR count). The fourth-order valence-electron chi connectivity index (χ4n) is 1.59. The molecule has 3 nitrogen and oxygen atoms in total. The first kappa shape index (κ1) is 8.78. The van der Waals surface area contributed by atoms with Gasteiger partial charge < -0.3 is 14.8 Å². The maximum atomic E-state index is 9.75. The molecule has 0 unspecified atom stereocenters. The third-order valence-electron chi connectivity index (χ3n) is 2.62. The Morgan fingerprint density at radius 3 is 2.92 bits per heavy atom. The number of nitrogens with one attached hydrogen (secondary N) is 1. The van der Waals surface area contributed by atoms with E-state index in [0.717, 1.165) is 25.0 Å². The summed E-state index contributed by atoms with van der Waals surface area (Å²) in [5.74, 6) is 0.919. The van der Waals surface area contributed by atoms with E-state index in [1.165, 1.54) is 0 Å². The minimum Gasteiger partial charge on any atom is -0.468 e. The zero-order valence-electron chi connectivity index (χ0n) is 7.62. The molecule has 0 radical (unpaired) electrons. The minimum atomic E-state index is -0.438. The highest BCUT2D eigenvalue weighted by atomic mass is 16.3. The van der Waals surface area contributed by atoms with Gasteiger partial charge in [-0.25, -0.2) is 0 Å². The molecule has 0 aromatic carbocycles. The van der Waals surface area contributed by atoms with E-state index in [1.54, 1.807) is 6.26 Å². The maximum absolute atomic E-state index is 9.75. The summed E-state index contributed by atoms with van der Waals surface area (Å²) < 4.78 is 5.16. The smallest absolute Gasteiger partial charge is 0.117 e. The lowest BCUT2D eigenvalue weighted by Crippen LogP contribution is -2.45. The van der Waals surface area contributed by atoms with Crippen LogP contribution < -0.4 is 5.32 Å². The molecule has 0 saturated heterocycles. The van der Waals surface area contributed by atoms with Crippen molar-refractivity contribution in [1.29, 1.82) is 0 Å². The van der Waals surface area contributed by atoms with Crippen LogP contribution in [0.1, 0.15) is 25.0 Å². The monoisotopic (exact) mass is 181 g/mol. The quantitative estimate of drug-likeness (QED) is 0.735. The molecule has 1 saturated carbocycles. The molecule has 1 aliphatic carbocycles. The lowest BCUT2D eigenvalue weighted by atomic mass is 9.80. The second kappa shape index (κ2) is 3.52. The van der Waals surface area contributed by atoms with Gasteiger partial charge in [0.05, 0.1) is 18.4 Å². The molecule has 1 aliphatic rings. The molecule has 0 amide bonds. The molecular formula is C10H15NO2. The van der Waals surface area contributed by atoms with Crippen LogP contribution in [0.2, 0.25) is 0 Å².